The number of carbonyl (C=O) groups excluding carboxylic acids is 2. The van der Waals surface area contributed by atoms with Crippen molar-refractivity contribution in [1.82, 2.24) is 14.1 Å². The van der Waals surface area contributed by atoms with Crippen LogP contribution in [0, 0.1) is 6.92 Å². The molecule has 0 saturated carbocycles. The molecule has 1 aromatic heterocycles. The summed E-state index contributed by atoms with van der Waals surface area (Å²) in [6, 6.07) is 13.7. The van der Waals surface area contributed by atoms with Crippen molar-refractivity contribution in [3.63, 3.8) is 0 Å². The van der Waals surface area contributed by atoms with E-state index in [9.17, 15) is 22.8 Å². The molecule has 0 atom stereocenters. The summed E-state index contributed by atoms with van der Waals surface area (Å²) in [6.07, 6.45) is 2.64. The summed E-state index contributed by atoms with van der Waals surface area (Å²) < 4.78 is 33.4. The number of benzene rings is 2. The van der Waals surface area contributed by atoms with Crippen molar-refractivity contribution in [2.75, 3.05) is 25.0 Å². The van der Waals surface area contributed by atoms with Crippen LogP contribution in [0.5, 0.6) is 0 Å². The molecule has 1 saturated heterocycles. The number of esters is 1. The SMILES string of the molecule is CCOC(=O)c1nn(-c2ccccc2C)c(=O)cc1NC(=O)c1ccc(S(=O)(=O)N2CCCCC2)cc1. The lowest BCUT2D eigenvalue weighted by Crippen LogP contribution is -2.35. The molecule has 11 heteroatoms. The maximum Gasteiger partial charge on any atom is 0.360 e. The van der Waals surface area contributed by atoms with E-state index in [1.54, 1.807) is 32.0 Å². The molecule has 0 unspecified atom stereocenters. The summed E-state index contributed by atoms with van der Waals surface area (Å²) >= 11 is 0. The largest absolute Gasteiger partial charge is 0.461 e. The highest BCUT2D eigenvalue weighted by atomic mass is 32.2. The molecule has 2 heterocycles. The number of piperidine rings is 1. The second-order valence-electron chi connectivity index (χ2n) is 8.61. The number of carbonyl (C=O) groups is 2. The summed E-state index contributed by atoms with van der Waals surface area (Å²) in [5, 5.41) is 6.74. The Kier molecular flexibility index (Phi) is 7.84. The van der Waals surface area contributed by atoms with Crippen molar-refractivity contribution >= 4 is 27.6 Å². The van der Waals surface area contributed by atoms with E-state index in [1.165, 1.54) is 28.6 Å². The number of amides is 1. The fraction of sp³-hybridized carbons (Fsp3) is 0.308. The van der Waals surface area contributed by atoms with Crippen LogP contribution in [0.1, 0.15) is 52.6 Å². The van der Waals surface area contributed by atoms with E-state index in [4.69, 9.17) is 4.74 Å². The third kappa shape index (κ3) is 5.62. The van der Waals surface area contributed by atoms with Crippen LogP contribution in [0.25, 0.3) is 5.69 Å². The fourth-order valence-corrected chi connectivity index (χ4v) is 5.62. The zero-order valence-corrected chi connectivity index (χ0v) is 21.5. The first-order valence-corrected chi connectivity index (χ1v) is 13.5. The van der Waals surface area contributed by atoms with Gasteiger partial charge in [-0.25, -0.2) is 13.2 Å². The van der Waals surface area contributed by atoms with Crippen LogP contribution in [-0.2, 0) is 14.8 Å². The summed E-state index contributed by atoms with van der Waals surface area (Å²) in [4.78, 5) is 38.6. The number of aromatic nitrogens is 2. The molecule has 1 fully saturated rings. The first-order chi connectivity index (χ1) is 17.7. The summed E-state index contributed by atoms with van der Waals surface area (Å²) in [7, 11) is -3.64. The summed E-state index contributed by atoms with van der Waals surface area (Å²) in [5.41, 5.74) is 0.506. The van der Waals surface area contributed by atoms with Gasteiger partial charge >= 0.3 is 5.97 Å². The molecule has 0 bridgehead atoms. The lowest BCUT2D eigenvalue weighted by Gasteiger charge is -2.25. The molecule has 0 radical (unpaired) electrons. The Balaban J connectivity index is 1.63. The molecular weight excluding hydrogens is 496 g/mol. The van der Waals surface area contributed by atoms with E-state index in [2.05, 4.69) is 10.4 Å². The van der Waals surface area contributed by atoms with Gasteiger partial charge in [0.25, 0.3) is 11.5 Å². The van der Waals surface area contributed by atoms with Gasteiger partial charge in [0.05, 0.1) is 22.9 Å². The molecule has 1 aliphatic rings. The fourth-order valence-electron chi connectivity index (χ4n) is 4.10. The van der Waals surface area contributed by atoms with E-state index in [0.717, 1.165) is 35.6 Å². The molecule has 194 valence electrons. The normalized spacial score (nSPS) is 14.2. The Hall–Kier alpha value is -3.83. The molecule has 1 aliphatic heterocycles. The Morgan fingerprint density at radius 1 is 1.03 bits per heavy atom. The standard InChI is InChI=1S/C26H28N4O6S/c1-3-36-26(33)24-21(17-23(31)30(28-24)22-10-6-5-9-18(22)2)27-25(32)19-11-13-20(14-12-19)37(34,35)29-15-7-4-8-16-29/h5-6,9-14,17H,3-4,7-8,15-16H2,1-2H3,(H,27,32). The molecule has 2 aromatic carbocycles. The van der Waals surface area contributed by atoms with Gasteiger partial charge in [0, 0.05) is 24.7 Å². The number of hydrogen-bond acceptors (Lipinski definition) is 7. The molecule has 0 aliphatic carbocycles. The van der Waals surface area contributed by atoms with Crippen LogP contribution in [-0.4, -0.2) is 54.1 Å². The summed E-state index contributed by atoms with van der Waals surface area (Å²) in [5.74, 6) is -1.44. The quantitative estimate of drug-likeness (QED) is 0.470. The van der Waals surface area contributed by atoms with Gasteiger partial charge in [-0.2, -0.15) is 14.1 Å². The van der Waals surface area contributed by atoms with Gasteiger partial charge in [-0.15, -0.1) is 0 Å². The lowest BCUT2D eigenvalue weighted by atomic mass is 10.2. The number of rotatable bonds is 7. The second kappa shape index (κ2) is 11.1. The van der Waals surface area contributed by atoms with Crippen molar-refractivity contribution < 1.29 is 22.7 Å². The molecule has 1 amide bonds. The minimum absolute atomic E-state index is 0.0738. The third-order valence-corrected chi connectivity index (χ3v) is 7.97. The molecular formula is C26H28N4O6S. The van der Waals surface area contributed by atoms with Gasteiger partial charge in [0.15, 0.2) is 5.69 Å². The average molecular weight is 525 g/mol. The number of hydrogen-bond donors (Lipinski definition) is 1. The zero-order chi connectivity index (χ0) is 26.6. The molecule has 3 aromatic rings. The number of ether oxygens (including phenoxy) is 1. The molecule has 10 nitrogen and oxygen atoms in total. The van der Waals surface area contributed by atoms with Gasteiger partial charge in [-0.05, 0) is 62.6 Å². The van der Waals surface area contributed by atoms with Gasteiger partial charge in [0.2, 0.25) is 10.0 Å². The van der Waals surface area contributed by atoms with E-state index in [0.29, 0.717) is 18.8 Å². The van der Waals surface area contributed by atoms with Crippen LogP contribution in [0.2, 0.25) is 0 Å². The van der Waals surface area contributed by atoms with E-state index < -0.39 is 27.5 Å². The number of aryl methyl sites for hydroxylation is 1. The highest BCUT2D eigenvalue weighted by Gasteiger charge is 2.26. The topological polar surface area (TPSA) is 128 Å². The second-order valence-corrected chi connectivity index (χ2v) is 10.5. The Bertz CT molecular complexity index is 1480. The van der Waals surface area contributed by atoms with Crippen LogP contribution in [0.3, 0.4) is 0 Å². The monoisotopic (exact) mass is 524 g/mol. The third-order valence-electron chi connectivity index (χ3n) is 6.06. The first kappa shape index (κ1) is 26.2. The van der Waals surface area contributed by atoms with E-state index >= 15 is 0 Å². The minimum Gasteiger partial charge on any atom is -0.461 e. The van der Waals surface area contributed by atoms with Gasteiger partial charge in [-0.3, -0.25) is 9.59 Å². The number of anilines is 1. The van der Waals surface area contributed by atoms with Crippen molar-refractivity contribution in [1.29, 1.82) is 0 Å². The highest BCUT2D eigenvalue weighted by molar-refractivity contribution is 7.89. The van der Waals surface area contributed by atoms with Crippen LogP contribution >= 0.6 is 0 Å². The number of nitrogens with one attached hydrogen (secondary N) is 1. The Labute approximate surface area is 214 Å². The molecule has 4 rings (SSSR count). The van der Waals surface area contributed by atoms with Crippen molar-refractivity contribution in [2.24, 2.45) is 0 Å². The Morgan fingerprint density at radius 3 is 2.35 bits per heavy atom. The predicted octanol–water partition coefficient (Wildman–Crippen LogP) is 3.14. The Morgan fingerprint density at radius 2 is 1.70 bits per heavy atom. The highest BCUT2D eigenvalue weighted by Crippen LogP contribution is 2.22. The minimum atomic E-state index is -3.64. The van der Waals surface area contributed by atoms with Crippen molar-refractivity contribution in [3.05, 3.63) is 81.8 Å². The number of nitrogens with zero attached hydrogens (tertiary/aromatic N) is 3. The van der Waals surface area contributed by atoms with Gasteiger partial charge in [-0.1, -0.05) is 24.6 Å². The van der Waals surface area contributed by atoms with Crippen LogP contribution < -0.4 is 10.9 Å². The number of sulfonamides is 1. The maximum atomic E-state index is 13.0. The average Bonchev–Trinajstić information content (AvgIpc) is 2.90. The molecule has 1 N–H and O–H groups in total. The van der Waals surface area contributed by atoms with Gasteiger partial charge < -0.3 is 10.1 Å². The molecule has 37 heavy (non-hydrogen) atoms. The van der Waals surface area contributed by atoms with E-state index in [1.807, 2.05) is 6.07 Å². The smallest absolute Gasteiger partial charge is 0.360 e. The van der Waals surface area contributed by atoms with Gasteiger partial charge in [0.1, 0.15) is 0 Å². The first-order valence-electron chi connectivity index (χ1n) is 12.0. The number of para-hydroxylation sites is 1. The van der Waals surface area contributed by atoms with Crippen LogP contribution in [0.4, 0.5) is 5.69 Å². The summed E-state index contributed by atoms with van der Waals surface area (Å²) in [6.45, 7) is 4.46. The van der Waals surface area contributed by atoms with Crippen molar-refractivity contribution in [2.45, 2.75) is 38.0 Å². The predicted molar refractivity (Wildman–Crippen MR) is 138 cm³/mol. The van der Waals surface area contributed by atoms with Crippen molar-refractivity contribution in [3.8, 4) is 5.69 Å². The van der Waals surface area contributed by atoms with E-state index in [-0.39, 0.29) is 28.4 Å². The lowest BCUT2D eigenvalue weighted by molar-refractivity contribution is 0.0518. The molecule has 0 spiro atoms. The maximum absolute atomic E-state index is 13.0. The zero-order valence-electron chi connectivity index (χ0n) is 20.6. The van der Waals surface area contributed by atoms with Crippen LogP contribution in [0.15, 0.2) is 64.3 Å².